The van der Waals surface area contributed by atoms with E-state index in [1.54, 1.807) is 7.11 Å². The van der Waals surface area contributed by atoms with E-state index in [1.807, 2.05) is 17.4 Å². The molecule has 0 saturated heterocycles. The predicted molar refractivity (Wildman–Crippen MR) is 78.9 cm³/mol. The lowest BCUT2D eigenvalue weighted by Gasteiger charge is -2.11. The second-order valence-corrected chi connectivity index (χ2v) is 5.96. The van der Waals surface area contributed by atoms with Gasteiger partial charge in [-0.05, 0) is 50.1 Å². The number of thiophene rings is 1. The van der Waals surface area contributed by atoms with Crippen LogP contribution in [0, 0.1) is 20.8 Å². The fourth-order valence-corrected chi connectivity index (χ4v) is 2.94. The number of rotatable bonds is 4. The molecule has 0 atom stereocenters. The highest BCUT2D eigenvalue weighted by atomic mass is 32.1. The maximum absolute atomic E-state index is 5.39. The molecule has 0 aliphatic heterocycles. The molecule has 18 heavy (non-hydrogen) atoms. The third-order valence-corrected chi connectivity index (χ3v) is 3.98. The highest BCUT2D eigenvalue weighted by molar-refractivity contribution is 7.12. The smallest absolute Gasteiger partial charge is 0.142 e. The maximum Gasteiger partial charge on any atom is 0.142 e. The van der Waals surface area contributed by atoms with Crippen molar-refractivity contribution >= 4 is 17.0 Å². The number of nitrogens with one attached hydrogen (secondary N) is 1. The van der Waals surface area contributed by atoms with E-state index < -0.39 is 0 Å². The number of hydrogen-bond acceptors (Lipinski definition) is 3. The molecule has 1 aromatic carbocycles. The first-order valence-electron chi connectivity index (χ1n) is 6.04. The largest absolute Gasteiger partial charge is 0.495 e. The average molecular weight is 261 g/mol. The number of hydrogen-bond donors (Lipinski definition) is 1. The lowest BCUT2D eigenvalue weighted by Crippen LogP contribution is -2.01. The molecule has 96 valence electrons. The fourth-order valence-electron chi connectivity index (χ4n) is 1.99. The minimum atomic E-state index is 0.843. The van der Waals surface area contributed by atoms with Crippen LogP contribution in [0.3, 0.4) is 0 Å². The van der Waals surface area contributed by atoms with Crippen LogP contribution < -0.4 is 10.1 Å². The van der Waals surface area contributed by atoms with E-state index in [0.29, 0.717) is 0 Å². The Labute approximate surface area is 113 Å². The van der Waals surface area contributed by atoms with Crippen molar-refractivity contribution in [3.05, 3.63) is 45.1 Å². The second kappa shape index (κ2) is 5.44. The summed E-state index contributed by atoms with van der Waals surface area (Å²) in [6, 6.07) is 8.46. The van der Waals surface area contributed by atoms with Crippen molar-refractivity contribution in [2.75, 3.05) is 12.4 Å². The van der Waals surface area contributed by atoms with E-state index in [4.69, 9.17) is 4.74 Å². The normalized spacial score (nSPS) is 10.4. The molecular weight excluding hydrogens is 242 g/mol. The van der Waals surface area contributed by atoms with Gasteiger partial charge in [0.05, 0.1) is 12.8 Å². The molecule has 1 aromatic heterocycles. The van der Waals surface area contributed by atoms with E-state index >= 15 is 0 Å². The number of methoxy groups -OCH3 is 1. The molecular formula is C15H19NOS. The van der Waals surface area contributed by atoms with Crippen molar-refractivity contribution in [3.63, 3.8) is 0 Å². The Kier molecular flexibility index (Phi) is 3.92. The van der Waals surface area contributed by atoms with Crippen LogP contribution in [0.4, 0.5) is 5.69 Å². The van der Waals surface area contributed by atoms with Gasteiger partial charge in [0.2, 0.25) is 0 Å². The highest BCUT2D eigenvalue weighted by Gasteiger charge is 2.05. The van der Waals surface area contributed by atoms with Crippen molar-refractivity contribution in [1.82, 2.24) is 0 Å². The maximum atomic E-state index is 5.39. The average Bonchev–Trinajstić information content (AvgIpc) is 2.66. The van der Waals surface area contributed by atoms with Gasteiger partial charge in [0.1, 0.15) is 5.75 Å². The molecule has 0 aliphatic rings. The zero-order chi connectivity index (χ0) is 13.1. The lowest BCUT2D eigenvalue weighted by atomic mass is 10.2. The van der Waals surface area contributed by atoms with Crippen LogP contribution in [-0.2, 0) is 6.54 Å². The monoisotopic (exact) mass is 261 g/mol. The first kappa shape index (κ1) is 13.0. The number of aryl methyl sites for hydroxylation is 3. The topological polar surface area (TPSA) is 21.3 Å². The Morgan fingerprint density at radius 2 is 1.94 bits per heavy atom. The minimum Gasteiger partial charge on any atom is -0.495 e. The summed E-state index contributed by atoms with van der Waals surface area (Å²) in [7, 11) is 1.71. The first-order valence-corrected chi connectivity index (χ1v) is 6.86. The fraction of sp³-hybridized carbons (Fsp3) is 0.333. The van der Waals surface area contributed by atoms with Gasteiger partial charge in [-0.2, -0.15) is 0 Å². The summed E-state index contributed by atoms with van der Waals surface area (Å²) in [6.45, 7) is 7.23. The number of ether oxygens (including phenoxy) is 1. The van der Waals surface area contributed by atoms with Crippen molar-refractivity contribution in [2.24, 2.45) is 0 Å². The standard InChI is InChI=1S/C15H19NOS/c1-10-5-6-14(15(7-10)17-4)16-9-13-8-11(2)18-12(13)3/h5-8,16H,9H2,1-4H3. The van der Waals surface area contributed by atoms with E-state index in [9.17, 15) is 0 Å². The second-order valence-electron chi connectivity index (χ2n) is 4.50. The van der Waals surface area contributed by atoms with Gasteiger partial charge in [0.25, 0.3) is 0 Å². The zero-order valence-electron chi connectivity index (χ0n) is 11.3. The van der Waals surface area contributed by atoms with E-state index in [0.717, 1.165) is 18.0 Å². The van der Waals surface area contributed by atoms with Gasteiger partial charge in [0.15, 0.2) is 0 Å². The van der Waals surface area contributed by atoms with Crippen LogP contribution in [0.1, 0.15) is 20.9 Å². The number of anilines is 1. The first-order chi connectivity index (χ1) is 8.60. The van der Waals surface area contributed by atoms with Crippen LogP contribution in [0.2, 0.25) is 0 Å². The van der Waals surface area contributed by atoms with Crippen LogP contribution >= 0.6 is 11.3 Å². The Hall–Kier alpha value is -1.48. The molecule has 3 heteroatoms. The van der Waals surface area contributed by atoms with Gasteiger partial charge in [0, 0.05) is 16.3 Å². The van der Waals surface area contributed by atoms with Crippen LogP contribution in [0.25, 0.3) is 0 Å². The predicted octanol–water partition coefficient (Wildman–Crippen LogP) is 4.29. The van der Waals surface area contributed by atoms with Crippen molar-refractivity contribution < 1.29 is 4.74 Å². The summed E-state index contributed by atoms with van der Waals surface area (Å²) in [4.78, 5) is 2.74. The van der Waals surface area contributed by atoms with Crippen molar-refractivity contribution in [2.45, 2.75) is 27.3 Å². The summed E-state index contributed by atoms with van der Waals surface area (Å²) in [6.07, 6.45) is 0. The molecule has 0 fully saturated rings. The molecule has 2 rings (SSSR count). The molecule has 0 saturated carbocycles. The van der Waals surface area contributed by atoms with Gasteiger partial charge in [-0.3, -0.25) is 0 Å². The minimum absolute atomic E-state index is 0.843. The Balaban J connectivity index is 2.13. The van der Waals surface area contributed by atoms with E-state index in [2.05, 4.69) is 44.3 Å². The summed E-state index contributed by atoms with van der Waals surface area (Å²) >= 11 is 1.85. The SMILES string of the molecule is COc1cc(C)ccc1NCc1cc(C)sc1C. The zero-order valence-corrected chi connectivity index (χ0v) is 12.1. The molecule has 1 N–H and O–H groups in total. The van der Waals surface area contributed by atoms with Crippen LogP contribution in [0.5, 0.6) is 5.75 Å². The summed E-state index contributed by atoms with van der Waals surface area (Å²) < 4.78 is 5.39. The molecule has 0 radical (unpaired) electrons. The molecule has 0 unspecified atom stereocenters. The van der Waals surface area contributed by atoms with Gasteiger partial charge in [-0.15, -0.1) is 11.3 Å². The Bertz CT molecular complexity index is 545. The summed E-state index contributed by atoms with van der Waals surface area (Å²) in [5.41, 5.74) is 3.62. The third kappa shape index (κ3) is 2.85. The molecule has 1 heterocycles. The highest BCUT2D eigenvalue weighted by Crippen LogP contribution is 2.27. The van der Waals surface area contributed by atoms with Gasteiger partial charge in [-0.25, -0.2) is 0 Å². The quantitative estimate of drug-likeness (QED) is 0.886. The molecule has 0 spiro atoms. The Morgan fingerprint density at radius 3 is 2.56 bits per heavy atom. The van der Waals surface area contributed by atoms with Gasteiger partial charge in [-0.1, -0.05) is 6.07 Å². The summed E-state index contributed by atoms with van der Waals surface area (Å²) in [5.74, 6) is 0.902. The van der Waals surface area contributed by atoms with Crippen molar-refractivity contribution in [3.8, 4) is 5.75 Å². The number of benzene rings is 1. The van der Waals surface area contributed by atoms with Crippen molar-refractivity contribution in [1.29, 1.82) is 0 Å². The summed E-state index contributed by atoms with van der Waals surface area (Å²) in [5, 5.41) is 3.44. The Morgan fingerprint density at radius 1 is 1.17 bits per heavy atom. The van der Waals surface area contributed by atoms with E-state index in [-0.39, 0.29) is 0 Å². The molecule has 0 aliphatic carbocycles. The van der Waals surface area contributed by atoms with Crippen LogP contribution in [-0.4, -0.2) is 7.11 Å². The van der Waals surface area contributed by atoms with Gasteiger partial charge < -0.3 is 10.1 Å². The molecule has 2 nitrogen and oxygen atoms in total. The van der Waals surface area contributed by atoms with E-state index in [1.165, 1.54) is 20.9 Å². The third-order valence-electron chi connectivity index (χ3n) is 2.97. The molecule has 0 amide bonds. The molecule has 0 bridgehead atoms. The molecule has 2 aromatic rings. The van der Waals surface area contributed by atoms with Crippen LogP contribution in [0.15, 0.2) is 24.3 Å². The lowest BCUT2D eigenvalue weighted by molar-refractivity contribution is 0.416. The van der Waals surface area contributed by atoms with Gasteiger partial charge >= 0.3 is 0 Å².